The second-order valence-electron chi connectivity index (χ2n) is 4.75. The molecule has 1 rings (SSSR count). The maximum absolute atomic E-state index is 6.12. The molecule has 0 radical (unpaired) electrons. The molecule has 0 unspecified atom stereocenters. The lowest BCUT2D eigenvalue weighted by atomic mass is 10.1. The van der Waals surface area contributed by atoms with Crippen LogP contribution in [0.15, 0.2) is 24.3 Å². The molecule has 96 valence electrons. The van der Waals surface area contributed by atoms with E-state index < -0.39 is 0 Å². The molecule has 17 heavy (non-hydrogen) atoms. The summed E-state index contributed by atoms with van der Waals surface area (Å²) in [5, 5.41) is 4.29. The molecule has 1 aromatic rings. The second kappa shape index (κ2) is 7.70. The van der Waals surface area contributed by atoms with Crippen LogP contribution in [0.25, 0.3) is 0 Å². The summed E-state index contributed by atoms with van der Waals surface area (Å²) in [6.07, 6.45) is 1.01. The number of rotatable bonds is 7. The van der Waals surface area contributed by atoms with Crippen molar-refractivity contribution in [2.75, 3.05) is 26.7 Å². The summed E-state index contributed by atoms with van der Waals surface area (Å²) in [7, 11) is 2.15. The SMILES string of the molecule is CC(C)NCCN(C)CCc1ccccc1Cl. The third-order valence-electron chi connectivity index (χ3n) is 2.77. The van der Waals surface area contributed by atoms with Gasteiger partial charge in [-0.3, -0.25) is 0 Å². The fourth-order valence-corrected chi connectivity index (χ4v) is 1.90. The zero-order chi connectivity index (χ0) is 12.7. The van der Waals surface area contributed by atoms with Crippen molar-refractivity contribution in [3.63, 3.8) is 0 Å². The lowest BCUT2D eigenvalue weighted by Crippen LogP contribution is -2.33. The zero-order valence-electron chi connectivity index (χ0n) is 11.0. The second-order valence-corrected chi connectivity index (χ2v) is 5.16. The molecule has 0 bridgehead atoms. The highest BCUT2D eigenvalue weighted by atomic mass is 35.5. The summed E-state index contributed by atoms with van der Waals surface area (Å²) in [6, 6.07) is 8.63. The first-order valence-corrected chi connectivity index (χ1v) is 6.62. The van der Waals surface area contributed by atoms with Gasteiger partial charge < -0.3 is 10.2 Å². The standard InChI is InChI=1S/C14H23ClN2/c1-12(2)16-9-11-17(3)10-8-13-6-4-5-7-14(13)15/h4-7,12,16H,8-11H2,1-3H3. The average Bonchev–Trinajstić information content (AvgIpc) is 2.27. The van der Waals surface area contributed by atoms with Gasteiger partial charge in [0.2, 0.25) is 0 Å². The van der Waals surface area contributed by atoms with E-state index in [4.69, 9.17) is 11.6 Å². The lowest BCUT2D eigenvalue weighted by Gasteiger charge is -2.18. The van der Waals surface area contributed by atoms with E-state index in [2.05, 4.69) is 37.2 Å². The third-order valence-corrected chi connectivity index (χ3v) is 3.14. The van der Waals surface area contributed by atoms with Crippen molar-refractivity contribution in [3.8, 4) is 0 Å². The Morgan fingerprint density at radius 1 is 1.24 bits per heavy atom. The molecule has 1 N–H and O–H groups in total. The van der Waals surface area contributed by atoms with Crippen LogP contribution in [-0.2, 0) is 6.42 Å². The van der Waals surface area contributed by atoms with Crippen LogP contribution in [0.4, 0.5) is 0 Å². The van der Waals surface area contributed by atoms with Crippen LogP contribution in [0.5, 0.6) is 0 Å². The Balaban J connectivity index is 2.24. The fourth-order valence-electron chi connectivity index (χ4n) is 1.67. The maximum atomic E-state index is 6.12. The highest BCUT2D eigenvalue weighted by Gasteiger charge is 2.02. The topological polar surface area (TPSA) is 15.3 Å². The first-order chi connectivity index (χ1) is 8.09. The zero-order valence-corrected chi connectivity index (χ0v) is 11.8. The first kappa shape index (κ1) is 14.5. The van der Waals surface area contributed by atoms with Crippen LogP contribution in [0.3, 0.4) is 0 Å². The predicted octanol–water partition coefficient (Wildman–Crippen LogP) is 2.81. The quantitative estimate of drug-likeness (QED) is 0.805. The largest absolute Gasteiger partial charge is 0.313 e. The Bertz CT molecular complexity index is 326. The number of halogens is 1. The highest BCUT2D eigenvalue weighted by molar-refractivity contribution is 6.31. The van der Waals surface area contributed by atoms with Crippen LogP contribution >= 0.6 is 11.6 Å². The van der Waals surface area contributed by atoms with Gasteiger partial charge in [-0.2, -0.15) is 0 Å². The van der Waals surface area contributed by atoms with E-state index in [1.807, 2.05) is 18.2 Å². The molecule has 3 heteroatoms. The number of benzene rings is 1. The lowest BCUT2D eigenvalue weighted by molar-refractivity contribution is 0.331. The van der Waals surface area contributed by atoms with Gasteiger partial charge in [0.1, 0.15) is 0 Å². The van der Waals surface area contributed by atoms with Gasteiger partial charge in [0.25, 0.3) is 0 Å². The van der Waals surface area contributed by atoms with Crippen LogP contribution in [0, 0.1) is 0 Å². The Kier molecular flexibility index (Phi) is 6.56. The molecule has 0 fully saturated rings. The van der Waals surface area contributed by atoms with E-state index in [0.717, 1.165) is 31.1 Å². The van der Waals surface area contributed by atoms with Crippen molar-refractivity contribution in [2.45, 2.75) is 26.3 Å². The minimum Gasteiger partial charge on any atom is -0.313 e. The molecule has 0 spiro atoms. The third kappa shape index (κ3) is 6.06. The van der Waals surface area contributed by atoms with Gasteiger partial charge >= 0.3 is 0 Å². The Hall–Kier alpha value is -0.570. The van der Waals surface area contributed by atoms with Gasteiger partial charge in [-0.25, -0.2) is 0 Å². The summed E-state index contributed by atoms with van der Waals surface area (Å²) in [4.78, 5) is 2.33. The van der Waals surface area contributed by atoms with Gasteiger partial charge in [0, 0.05) is 30.7 Å². The van der Waals surface area contributed by atoms with E-state index in [1.165, 1.54) is 5.56 Å². The highest BCUT2D eigenvalue weighted by Crippen LogP contribution is 2.15. The molecular weight excluding hydrogens is 232 g/mol. The van der Waals surface area contributed by atoms with Crippen LogP contribution < -0.4 is 5.32 Å². The Morgan fingerprint density at radius 2 is 1.94 bits per heavy atom. The maximum Gasteiger partial charge on any atom is 0.0438 e. The molecule has 0 aliphatic carbocycles. The van der Waals surface area contributed by atoms with Gasteiger partial charge in [-0.15, -0.1) is 0 Å². The normalized spacial score (nSPS) is 11.4. The molecule has 0 aliphatic heterocycles. The molecule has 0 saturated carbocycles. The van der Waals surface area contributed by atoms with Gasteiger partial charge in [0.05, 0.1) is 0 Å². The van der Waals surface area contributed by atoms with Crippen molar-refractivity contribution in [1.82, 2.24) is 10.2 Å². The molecule has 0 atom stereocenters. The van der Waals surface area contributed by atoms with Gasteiger partial charge in [-0.05, 0) is 25.1 Å². The van der Waals surface area contributed by atoms with E-state index >= 15 is 0 Å². The molecule has 2 nitrogen and oxygen atoms in total. The number of hydrogen-bond acceptors (Lipinski definition) is 2. The van der Waals surface area contributed by atoms with Crippen molar-refractivity contribution in [2.24, 2.45) is 0 Å². The molecule has 0 saturated heterocycles. The van der Waals surface area contributed by atoms with Gasteiger partial charge in [0.15, 0.2) is 0 Å². The molecule has 0 heterocycles. The first-order valence-electron chi connectivity index (χ1n) is 6.25. The van der Waals surface area contributed by atoms with E-state index in [1.54, 1.807) is 0 Å². The van der Waals surface area contributed by atoms with E-state index in [9.17, 15) is 0 Å². The predicted molar refractivity (Wildman–Crippen MR) is 75.8 cm³/mol. The molecule has 0 amide bonds. The number of likely N-dealkylation sites (N-methyl/N-ethyl adjacent to an activating group) is 1. The summed E-state index contributed by atoms with van der Waals surface area (Å²) >= 11 is 6.12. The Labute approximate surface area is 110 Å². The monoisotopic (exact) mass is 254 g/mol. The van der Waals surface area contributed by atoms with Crippen molar-refractivity contribution >= 4 is 11.6 Å². The van der Waals surface area contributed by atoms with E-state index in [0.29, 0.717) is 6.04 Å². The van der Waals surface area contributed by atoms with Crippen LogP contribution in [0.2, 0.25) is 5.02 Å². The molecule has 0 aromatic heterocycles. The van der Waals surface area contributed by atoms with Crippen molar-refractivity contribution in [1.29, 1.82) is 0 Å². The van der Waals surface area contributed by atoms with Gasteiger partial charge in [-0.1, -0.05) is 43.6 Å². The van der Waals surface area contributed by atoms with Crippen molar-refractivity contribution < 1.29 is 0 Å². The smallest absolute Gasteiger partial charge is 0.0438 e. The summed E-state index contributed by atoms with van der Waals surface area (Å²) in [6.45, 7) is 7.50. The summed E-state index contributed by atoms with van der Waals surface area (Å²) in [5.41, 5.74) is 1.23. The molecular formula is C14H23ClN2. The minimum atomic E-state index is 0.562. The molecule has 0 aliphatic rings. The Morgan fingerprint density at radius 3 is 2.59 bits per heavy atom. The van der Waals surface area contributed by atoms with Crippen LogP contribution in [0.1, 0.15) is 19.4 Å². The molecule has 1 aromatic carbocycles. The number of nitrogens with one attached hydrogen (secondary N) is 1. The average molecular weight is 255 g/mol. The fraction of sp³-hybridized carbons (Fsp3) is 0.571. The summed E-state index contributed by atoms with van der Waals surface area (Å²) < 4.78 is 0. The van der Waals surface area contributed by atoms with E-state index in [-0.39, 0.29) is 0 Å². The van der Waals surface area contributed by atoms with Crippen molar-refractivity contribution in [3.05, 3.63) is 34.9 Å². The minimum absolute atomic E-state index is 0.562. The van der Waals surface area contributed by atoms with Crippen LogP contribution in [-0.4, -0.2) is 37.6 Å². The summed E-state index contributed by atoms with van der Waals surface area (Å²) in [5.74, 6) is 0. The number of nitrogens with zero attached hydrogens (tertiary/aromatic N) is 1. The number of hydrogen-bond donors (Lipinski definition) is 1.